The lowest BCUT2D eigenvalue weighted by Crippen LogP contribution is -2.25. The summed E-state index contributed by atoms with van der Waals surface area (Å²) in [6.07, 6.45) is 4.61. The molecule has 2 heterocycles. The Morgan fingerprint density at radius 2 is 2.11 bits per heavy atom. The highest BCUT2D eigenvalue weighted by Crippen LogP contribution is 2.36. The molecule has 0 aliphatic carbocycles. The first-order valence-electron chi connectivity index (χ1n) is 6.17. The summed E-state index contributed by atoms with van der Waals surface area (Å²) >= 11 is 0. The molecule has 92 valence electrons. The third kappa shape index (κ3) is 1.75. The van der Waals surface area contributed by atoms with Crippen LogP contribution in [-0.4, -0.2) is 16.0 Å². The van der Waals surface area contributed by atoms with Crippen LogP contribution < -0.4 is 10.6 Å². The lowest BCUT2D eigenvalue weighted by atomic mass is 10.1. The molecule has 0 saturated carbocycles. The second-order valence-corrected chi connectivity index (χ2v) is 4.62. The normalized spacial score (nSPS) is 17.9. The topological polar surface area (TPSA) is 55.0 Å². The molecule has 3 rings (SSSR count). The minimum absolute atomic E-state index is 0.417. The van der Waals surface area contributed by atoms with Crippen LogP contribution in [0, 0.1) is 0 Å². The molecule has 1 aromatic carbocycles. The molecule has 2 aromatic rings. The number of hydrogen-bond donors (Lipinski definition) is 1. The number of anilines is 2. The fraction of sp³-hybridized carbons (Fsp3) is 0.286. The van der Waals surface area contributed by atoms with Gasteiger partial charge in [0.25, 0.3) is 0 Å². The van der Waals surface area contributed by atoms with E-state index in [0.717, 1.165) is 17.9 Å². The molecule has 1 unspecified atom stereocenters. The predicted octanol–water partition coefficient (Wildman–Crippen LogP) is 2.02. The zero-order valence-corrected chi connectivity index (χ0v) is 10.4. The smallest absolute Gasteiger partial charge is 0.151 e. The fourth-order valence-corrected chi connectivity index (χ4v) is 2.49. The van der Waals surface area contributed by atoms with Crippen LogP contribution in [0.3, 0.4) is 0 Å². The monoisotopic (exact) mass is 240 g/mol. The summed E-state index contributed by atoms with van der Waals surface area (Å²) < 4.78 is 0. The first kappa shape index (κ1) is 11.2. The zero-order valence-electron chi connectivity index (χ0n) is 10.4. The first-order valence-corrected chi connectivity index (χ1v) is 6.17. The van der Waals surface area contributed by atoms with Crippen LogP contribution in [0.1, 0.15) is 18.2 Å². The summed E-state index contributed by atoms with van der Waals surface area (Å²) in [7, 11) is 0. The molecule has 0 saturated heterocycles. The maximum Gasteiger partial charge on any atom is 0.151 e. The number of aromatic nitrogens is 2. The molecule has 1 aromatic heterocycles. The lowest BCUT2D eigenvalue weighted by molar-refractivity contribution is 0.746. The molecular formula is C14H16N4. The molecule has 0 bridgehead atoms. The number of para-hydroxylation sites is 1. The Labute approximate surface area is 106 Å². The molecule has 4 heteroatoms. The Bertz CT molecular complexity index is 550. The number of benzene rings is 1. The van der Waals surface area contributed by atoms with Crippen molar-refractivity contribution in [1.29, 1.82) is 0 Å². The zero-order chi connectivity index (χ0) is 12.5. The highest BCUT2D eigenvalue weighted by Gasteiger charge is 2.27. The number of nitrogens with zero attached hydrogens (tertiary/aromatic N) is 3. The van der Waals surface area contributed by atoms with E-state index in [0.29, 0.717) is 12.6 Å². The highest BCUT2D eigenvalue weighted by atomic mass is 15.2. The summed E-state index contributed by atoms with van der Waals surface area (Å²) in [6.45, 7) is 2.64. The molecule has 1 aliphatic heterocycles. The summed E-state index contributed by atoms with van der Waals surface area (Å²) in [5.41, 5.74) is 8.97. The van der Waals surface area contributed by atoms with Gasteiger partial charge in [0.15, 0.2) is 5.82 Å². The third-order valence-corrected chi connectivity index (χ3v) is 3.35. The van der Waals surface area contributed by atoms with Crippen molar-refractivity contribution >= 4 is 11.5 Å². The van der Waals surface area contributed by atoms with Gasteiger partial charge < -0.3 is 10.6 Å². The van der Waals surface area contributed by atoms with Crippen LogP contribution in [0.4, 0.5) is 11.5 Å². The molecule has 1 atom stereocenters. The van der Waals surface area contributed by atoms with Gasteiger partial charge in [-0.25, -0.2) is 4.98 Å². The van der Waals surface area contributed by atoms with Gasteiger partial charge in [0.1, 0.15) is 0 Å². The van der Waals surface area contributed by atoms with E-state index in [1.807, 2.05) is 0 Å². The van der Waals surface area contributed by atoms with Crippen LogP contribution in [-0.2, 0) is 13.0 Å². The molecular weight excluding hydrogens is 224 g/mol. The Morgan fingerprint density at radius 1 is 1.28 bits per heavy atom. The van der Waals surface area contributed by atoms with E-state index >= 15 is 0 Å². The maximum absolute atomic E-state index is 5.54. The Kier molecular flexibility index (Phi) is 2.72. The standard InChI is InChI=1S/C14H16N4/c1-10-6-11-4-2-3-5-13(11)18(10)14-9-16-12(7-15)8-17-14/h2-5,8-10H,6-7,15H2,1H3. The van der Waals surface area contributed by atoms with Crippen LogP contribution in [0.25, 0.3) is 0 Å². The van der Waals surface area contributed by atoms with Gasteiger partial charge in [-0.15, -0.1) is 0 Å². The van der Waals surface area contributed by atoms with Crippen LogP contribution in [0.2, 0.25) is 0 Å². The Hall–Kier alpha value is -1.94. The van der Waals surface area contributed by atoms with Crippen molar-refractivity contribution < 1.29 is 0 Å². The third-order valence-electron chi connectivity index (χ3n) is 3.35. The Balaban J connectivity index is 2.00. The van der Waals surface area contributed by atoms with E-state index in [9.17, 15) is 0 Å². The van der Waals surface area contributed by atoms with Gasteiger partial charge in [-0.2, -0.15) is 0 Å². The van der Waals surface area contributed by atoms with Crippen molar-refractivity contribution in [2.75, 3.05) is 4.90 Å². The van der Waals surface area contributed by atoms with Gasteiger partial charge in [0, 0.05) is 18.3 Å². The largest absolute Gasteiger partial charge is 0.325 e. The molecule has 18 heavy (non-hydrogen) atoms. The van der Waals surface area contributed by atoms with Crippen molar-refractivity contribution in [3.8, 4) is 0 Å². The summed E-state index contributed by atoms with van der Waals surface area (Å²) in [5.74, 6) is 0.893. The van der Waals surface area contributed by atoms with Gasteiger partial charge in [0.05, 0.1) is 18.1 Å². The average Bonchev–Trinajstić information content (AvgIpc) is 2.75. The maximum atomic E-state index is 5.54. The van der Waals surface area contributed by atoms with Gasteiger partial charge >= 0.3 is 0 Å². The minimum atomic E-state index is 0.417. The molecule has 4 nitrogen and oxygen atoms in total. The number of fused-ring (bicyclic) bond motifs is 1. The van der Waals surface area contributed by atoms with E-state index in [-0.39, 0.29) is 0 Å². The van der Waals surface area contributed by atoms with E-state index in [2.05, 4.69) is 46.1 Å². The summed E-state index contributed by atoms with van der Waals surface area (Å²) in [4.78, 5) is 11.0. The van der Waals surface area contributed by atoms with Crippen molar-refractivity contribution in [3.05, 3.63) is 47.9 Å². The summed E-state index contributed by atoms with van der Waals surface area (Å²) in [6, 6.07) is 8.87. The molecule has 1 aliphatic rings. The van der Waals surface area contributed by atoms with Gasteiger partial charge in [-0.1, -0.05) is 18.2 Å². The second kappa shape index (κ2) is 4.38. The lowest BCUT2D eigenvalue weighted by Gasteiger charge is -2.23. The van der Waals surface area contributed by atoms with E-state index in [1.54, 1.807) is 12.4 Å². The van der Waals surface area contributed by atoms with Gasteiger partial charge in [-0.3, -0.25) is 4.98 Å². The van der Waals surface area contributed by atoms with Crippen molar-refractivity contribution in [1.82, 2.24) is 9.97 Å². The second-order valence-electron chi connectivity index (χ2n) is 4.62. The van der Waals surface area contributed by atoms with Crippen LogP contribution >= 0.6 is 0 Å². The molecule has 0 amide bonds. The number of hydrogen-bond acceptors (Lipinski definition) is 4. The molecule has 2 N–H and O–H groups in total. The van der Waals surface area contributed by atoms with Gasteiger partial charge in [0.2, 0.25) is 0 Å². The van der Waals surface area contributed by atoms with Crippen LogP contribution in [0.5, 0.6) is 0 Å². The predicted molar refractivity (Wildman–Crippen MR) is 71.7 cm³/mol. The van der Waals surface area contributed by atoms with Crippen molar-refractivity contribution in [2.45, 2.75) is 25.9 Å². The van der Waals surface area contributed by atoms with Gasteiger partial charge in [-0.05, 0) is 25.0 Å². The SMILES string of the molecule is CC1Cc2ccccc2N1c1cnc(CN)cn1. The number of nitrogens with two attached hydrogens (primary N) is 1. The van der Waals surface area contributed by atoms with Crippen molar-refractivity contribution in [3.63, 3.8) is 0 Å². The fourth-order valence-electron chi connectivity index (χ4n) is 2.49. The molecule has 0 radical (unpaired) electrons. The minimum Gasteiger partial charge on any atom is -0.325 e. The van der Waals surface area contributed by atoms with Crippen LogP contribution in [0.15, 0.2) is 36.7 Å². The molecule has 0 spiro atoms. The molecule has 0 fully saturated rings. The number of rotatable bonds is 2. The summed E-state index contributed by atoms with van der Waals surface area (Å²) in [5, 5.41) is 0. The Morgan fingerprint density at radius 3 is 2.83 bits per heavy atom. The first-order chi connectivity index (χ1) is 8.79. The van der Waals surface area contributed by atoms with E-state index < -0.39 is 0 Å². The van der Waals surface area contributed by atoms with Crippen molar-refractivity contribution in [2.24, 2.45) is 5.73 Å². The average molecular weight is 240 g/mol. The highest BCUT2D eigenvalue weighted by molar-refractivity contribution is 5.68. The quantitative estimate of drug-likeness (QED) is 0.872. The van der Waals surface area contributed by atoms with E-state index in [4.69, 9.17) is 5.73 Å². The van der Waals surface area contributed by atoms with E-state index in [1.165, 1.54) is 11.3 Å².